The minimum absolute atomic E-state index is 0.0267. The Morgan fingerprint density at radius 2 is 1.92 bits per heavy atom. The number of hydrogen-bond acceptors (Lipinski definition) is 2. The molecule has 0 bridgehead atoms. The van der Waals surface area contributed by atoms with E-state index in [1.54, 1.807) is 22.6 Å². The van der Waals surface area contributed by atoms with Crippen molar-refractivity contribution in [3.63, 3.8) is 0 Å². The van der Waals surface area contributed by atoms with E-state index in [-0.39, 0.29) is 21.7 Å². The van der Waals surface area contributed by atoms with Crippen LogP contribution in [0.15, 0.2) is 36.4 Å². The van der Waals surface area contributed by atoms with Gasteiger partial charge in [-0.15, -0.1) is 0 Å². The lowest BCUT2D eigenvalue weighted by Crippen LogP contribution is -2.20. The van der Waals surface area contributed by atoms with Crippen LogP contribution in [-0.4, -0.2) is 15.5 Å². The molecule has 0 atom stereocenters. The van der Waals surface area contributed by atoms with Crippen LogP contribution in [0.25, 0.3) is 11.0 Å². The van der Waals surface area contributed by atoms with Crippen LogP contribution in [0.3, 0.4) is 0 Å². The SMILES string of the molecule is CCc1nc2ccccc2n1CC(=O)Nc1cc(F)c(I)c(F)c1. The zero-order chi connectivity index (χ0) is 17.3. The summed E-state index contributed by atoms with van der Waals surface area (Å²) in [6.45, 7) is 1.98. The summed E-state index contributed by atoms with van der Waals surface area (Å²) < 4.78 is 28.9. The summed E-state index contributed by atoms with van der Waals surface area (Å²) in [5, 5.41) is 2.53. The largest absolute Gasteiger partial charge is 0.324 e. The smallest absolute Gasteiger partial charge is 0.244 e. The lowest BCUT2D eigenvalue weighted by molar-refractivity contribution is -0.116. The molecule has 0 radical (unpaired) electrons. The van der Waals surface area contributed by atoms with Crippen molar-refractivity contribution >= 4 is 45.2 Å². The highest BCUT2D eigenvalue weighted by Crippen LogP contribution is 2.21. The van der Waals surface area contributed by atoms with E-state index < -0.39 is 11.6 Å². The van der Waals surface area contributed by atoms with Gasteiger partial charge in [-0.3, -0.25) is 4.79 Å². The number of aromatic nitrogens is 2. The molecule has 0 aliphatic heterocycles. The number of hydrogen-bond donors (Lipinski definition) is 1. The Hall–Kier alpha value is -2.03. The summed E-state index contributed by atoms with van der Waals surface area (Å²) in [5.74, 6) is -0.986. The van der Waals surface area contributed by atoms with E-state index in [4.69, 9.17) is 0 Å². The molecule has 2 aromatic carbocycles. The van der Waals surface area contributed by atoms with E-state index in [1.165, 1.54) is 0 Å². The summed E-state index contributed by atoms with van der Waals surface area (Å²) >= 11 is 1.58. The highest BCUT2D eigenvalue weighted by atomic mass is 127. The quantitative estimate of drug-likeness (QED) is 0.489. The second kappa shape index (κ2) is 6.84. The molecule has 3 aromatic rings. The summed E-state index contributed by atoms with van der Waals surface area (Å²) in [6.07, 6.45) is 0.675. The van der Waals surface area contributed by atoms with Gasteiger partial charge in [0.2, 0.25) is 5.91 Å². The lowest BCUT2D eigenvalue weighted by Gasteiger charge is -2.10. The molecule has 7 heteroatoms. The summed E-state index contributed by atoms with van der Waals surface area (Å²) in [5.41, 5.74) is 1.76. The molecular formula is C17H14F2IN3O. The van der Waals surface area contributed by atoms with Gasteiger partial charge in [-0.2, -0.15) is 0 Å². The Morgan fingerprint density at radius 3 is 2.58 bits per heavy atom. The third kappa shape index (κ3) is 3.26. The van der Waals surface area contributed by atoms with E-state index in [9.17, 15) is 13.6 Å². The topological polar surface area (TPSA) is 46.9 Å². The Morgan fingerprint density at radius 1 is 1.25 bits per heavy atom. The number of fused-ring (bicyclic) bond motifs is 1. The average molecular weight is 441 g/mol. The van der Waals surface area contributed by atoms with Gasteiger partial charge >= 0.3 is 0 Å². The van der Waals surface area contributed by atoms with E-state index >= 15 is 0 Å². The molecule has 1 N–H and O–H groups in total. The van der Waals surface area contributed by atoms with Gasteiger partial charge < -0.3 is 9.88 Å². The summed E-state index contributed by atoms with van der Waals surface area (Å²) in [7, 11) is 0. The molecule has 1 amide bonds. The first-order chi connectivity index (χ1) is 11.5. The van der Waals surface area contributed by atoms with Gasteiger partial charge in [0.05, 0.1) is 14.6 Å². The molecule has 124 valence electrons. The minimum atomic E-state index is -0.701. The van der Waals surface area contributed by atoms with Crippen molar-refractivity contribution in [2.75, 3.05) is 5.32 Å². The van der Waals surface area contributed by atoms with Crippen LogP contribution in [-0.2, 0) is 17.8 Å². The Bertz CT molecular complexity index is 900. The predicted molar refractivity (Wildman–Crippen MR) is 96.8 cm³/mol. The second-order valence-electron chi connectivity index (χ2n) is 5.26. The Kier molecular flexibility index (Phi) is 4.79. The third-order valence-electron chi connectivity index (χ3n) is 3.62. The molecule has 0 unspecified atom stereocenters. The predicted octanol–water partition coefficient (Wildman–Crippen LogP) is 4.12. The van der Waals surface area contributed by atoms with E-state index in [1.807, 2.05) is 35.8 Å². The van der Waals surface area contributed by atoms with E-state index in [0.717, 1.165) is 29.0 Å². The van der Waals surface area contributed by atoms with Crippen molar-refractivity contribution in [1.29, 1.82) is 0 Å². The standard InChI is InChI=1S/C17H14F2IN3O/c1-2-15-22-13-5-3-4-6-14(13)23(15)9-16(24)21-10-7-11(18)17(20)12(19)8-10/h3-8H,2,9H2,1H3,(H,21,24). The highest BCUT2D eigenvalue weighted by molar-refractivity contribution is 14.1. The molecular weight excluding hydrogens is 427 g/mol. The minimum Gasteiger partial charge on any atom is -0.324 e. The van der Waals surface area contributed by atoms with Crippen LogP contribution in [0.4, 0.5) is 14.5 Å². The number of para-hydroxylation sites is 2. The number of nitrogens with one attached hydrogen (secondary N) is 1. The first-order valence-corrected chi connectivity index (χ1v) is 8.46. The van der Waals surface area contributed by atoms with Crippen molar-refractivity contribution < 1.29 is 13.6 Å². The number of carbonyl (C=O) groups excluding carboxylic acids is 1. The number of halogens is 3. The number of amides is 1. The number of carbonyl (C=O) groups is 1. The third-order valence-corrected chi connectivity index (χ3v) is 4.65. The molecule has 3 rings (SSSR count). The molecule has 24 heavy (non-hydrogen) atoms. The number of imidazole rings is 1. The number of rotatable bonds is 4. The maximum Gasteiger partial charge on any atom is 0.244 e. The fourth-order valence-corrected chi connectivity index (χ4v) is 2.85. The van der Waals surface area contributed by atoms with Crippen molar-refractivity contribution in [3.05, 3.63) is 57.4 Å². The molecule has 1 heterocycles. The zero-order valence-corrected chi connectivity index (χ0v) is 15.0. The maximum absolute atomic E-state index is 13.6. The van der Waals surface area contributed by atoms with Crippen molar-refractivity contribution in [2.45, 2.75) is 19.9 Å². The van der Waals surface area contributed by atoms with Gasteiger partial charge in [0.25, 0.3) is 0 Å². The van der Waals surface area contributed by atoms with Crippen LogP contribution >= 0.6 is 22.6 Å². The average Bonchev–Trinajstić information content (AvgIpc) is 2.90. The van der Waals surface area contributed by atoms with Gasteiger partial charge in [0, 0.05) is 12.1 Å². The molecule has 0 aliphatic rings. The molecule has 4 nitrogen and oxygen atoms in total. The molecule has 0 spiro atoms. The first-order valence-electron chi connectivity index (χ1n) is 7.38. The number of aryl methyl sites for hydroxylation is 1. The van der Waals surface area contributed by atoms with Crippen LogP contribution in [0.2, 0.25) is 0 Å². The fourth-order valence-electron chi connectivity index (χ4n) is 2.54. The number of benzene rings is 2. The van der Waals surface area contributed by atoms with Gasteiger partial charge in [0.1, 0.15) is 24.0 Å². The first kappa shape index (κ1) is 16.8. The lowest BCUT2D eigenvalue weighted by atomic mass is 10.3. The molecule has 0 aliphatic carbocycles. The Balaban J connectivity index is 1.85. The summed E-state index contributed by atoms with van der Waals surface area (Å²) in [4.78, 5) is 16.8. The van der Waals surface area contributed by atoms with Crippen LogP contribution < -0.4 is 5.32 Å². The molecule has 0 saturated carbocycles. The van der Waals surface area contributed by atoms with Crippen LogP contribution in [0.5, 0.6) is 0 Å². The molecule has 1 aromatic heterocycles. The van der Waals surface area contributed by atoms with Gasteiger partial charge in [-0.05, 0) is 46.9 Å². The van der Waals surface area contributed by atoms with Crippen molar-refractivity contribution in [3.8, 4) is 0 Å². The monoisotopic (exact) mass is 441 g/mol. The van der Waals surface area contributed by atoms with E-state index in [2.05, 4.69) is 10.3 Å². The second-order valence-corrected chi connectivity index (χ2v) is 6.34. The molecule has 0 saturated heterocycles. The molecule has 0 fully saturated rings. The number of anilines is 1. The van der Waals surface area contributed by atoms with Crippen LogP contribution in [0.1, 0.15) is 12.7 Å². The van der Waals surface area contributed by atoms with Crippen molar-refractivity contribution in [1.82, 2.24) is 9.55 Å². The normalized spacial score (nSPS) is 11.0. The maximum atomic E-state index is 13.6. The fraction of sp³-hybridized carbons (Fsp3) is 0.176. The Labute approximate surface area is 151 Å². The summed E-state index contributed by atoms with van der Waals surface area (Å²) in [6, 6.07) is 9.74. The van der Waals surface area contributed by atoms with E-state index in [0.29, 0.717) is 6.42 Å². The van der Waals surface area contributed by atoms with Gasteiger partial charge in [-0.1, -0.05) is 19.1 Å². The van der Waals surface area contributed by atoms with Crippen molar-refractivity contribution in [2.24, 2.45) is 0 Å². The van der Waals surface area contributed by atoms with Gasteiger partial charge in [0.15, 0.2) is 0 Å². The van der Waals surface area contributed by atoms with Crippen LogP contribution in [0, 0.1) is 15.2 Å². The number of nitrogens with zero attached hydrogens (tertiary/aromatic N) is 2. The highest BCUT2D eigenvalue weighted by Gasteiger charge is 2.14. The van der Waals surface area contributed by atoms with Gasteiger partial charge in [-0.25, -0.2) is 13.8 Å². The zero-order valence-electron chi connectivity index (χ0n) is 12.8.